The molecule has 1 saturated heterocycles. The number of pyridine rings is 1. The van der Waals surface area contributed by atoms with Gasteiger partial charge in [0.15, 0.2) is 0 Å². The molecule has 1 aromatic rings. The van der Waals surface area contributed by atoms with Gasteiger partial charge in [0, 0.05) is 44.4 Å². The van der Waals surface area contributed by atoms with Crippen LogP contribution in [0, 0.1) is 5.92 Å². The van der Waals surface area contributed by atoms with E-state index in [9.17, 15) is 4.79 Å². The van der Waals surface area contributed by atoms with Gasteiger partial charge < -0.3 is 14.5 Å². The van der Waals surface area contributed by atoms with Gasteiger partial charge in [-0.3, -0.25) is 9.78 Å². The number of hydrogen-bond acceptors (Lipinski definition) is 4. The van der Waals surface area contributed by atoms with Crippen LogP contribution in [0.1, 0.15) is 12.0 Å². The third kappa shape index (κ3) is 5.44. The highest BCUT2D eigenvalue weighted by atomic mass is 16.5. The summed E-state index contributed by atoms with van der Waals surface area (Å²) in [6.07, 6.45) is 4.87. The molecule has 0 N–H and O–H groups in total. The molecule has 5 nitrogen and oxygen atoms in total. The molecule has 116 valence electrons. The van der Waals surface area contributed by atoms with Crippen molar-refractivity contribution in [2.45, 2.75) is 12.8 Å². The molecule has 0 aliphatic carbocycles. The van der Waals surface area contributed by atoms with E-state index in [2.05, 4.69) is 24.0 Å². The van der Waals surface area contributed by atoms with Crippen LogP contribution in [0.3, 0.4) is 0 Å². The summed E-state index contributed by atoms with van der Waals surface area (Å²) in [7, 11) is 4.11. The number of aromatic nitrogens is 1. The van der Waals surface area contributed by atoms with Crippen LogP contribution in [0.4, 0.5) is 0 Å². The second-order valence-corrected chi connectivity index (χ2v) is 5.90. The standard InChI is InChI=1S/C16H25N3O2/c1-18(2)11-15-12-19(9-10-21-13-15)16(20)4-3-14-5-7-17-8-6-14/h5-8,15H,3-4,9-13H2,1-2H3. The van der Waals surface area contributed by atoms with Crippen LogP contribution < -0.4 is 0 Å². The molecule has 1 aliphatic rings. The Bertz CT molecular complexity index is 436. The number of amides is 1. The Morgan fingerprint density at radius 3 is 2.90 bits per heavy atom. The molecule has 1 fully saturated rings. The highest BCUT2D eigenvalue weighted by Gasteiger charge is 2.22. The molecule has 0 radical (unpaired) electrons. The molecule has 1 unspecified atom stereocenters. The molecule has 0 spiro atoms. The highest BCUT2D eigenvalue weighted by molar-refractivity contribution is 5.76. The molecule has 0 bridgehead atoms. The summed E-state index contributed by atoms with van der Waals surface area (Å²) < 4.78 is 5.62. The third-order valence-electron chi connectivity index (χ3n) is 3.69. The zero-order valence-electron chi connectivity index (χ0n) is 13.0. The normalized spacial score (nSPS) is 19.6. The van der Waals surface area contributed by atoms with Gasteiger partial charge in [0.25, 0.3) is 0 Å². The van der Waals surface area contributed by atoms with Crippen LogP contribution in [0.2, 0.25) is 0 Å². The summed E-state index contributed by atoms with van der Waals surface area (Å²) in [5.74, 6) is 0.619. The maximum absolute atomic E-state index is 12.4. The first-order valence-electron chi connectivity index (χ1n) is 7.54. The van der Waals surface area contributed by atoms with E-state index in [0.29, 0.717) is 25.5 Å². The molecule has 5 heteroatoms. The number of ether oxygens (including phenoxy) is 1. The van der Waals surface area contributed by atoms with Gasteiger partial charge in [0.2, 0.25) is 5.91 Å². The van der Waals surface area contributed by atoms with E-state index >= 15 is 0 Å². The molecule has 1 atom stereocenters. The summed E-state index contributed by atoms with van der Waals surface area (Å²) in [4.78, 5) is 20.5. The maximum atomic E-state index is 12.4. The van der Waals surface area contributed by atoms with E-state index in [0.717, 1.165) is 31.7 Å². The van der Waals surface area contributed by atoms with E-state index in [1.54, 1.807) is 12.4 Å². The highest BCUT2D eigenvalue weighted by Crippen LogP contribution is 2.11. The Morgan fingerprint density at radius 2 is 2.19 bits per heavy atom. The Labute approximate surface area is 126 Å². The van der Waals surface area contributed by atoms with Crippen LogP contribution in [0.5, 0.6) is 0 Å². The number of hydrogen-bond donors (Lipinski definition) is 0. The fourth-order valence-corrected chi connectivity index (χ4v) is 2.69. The van der Waals surface area contributed by atoms with Gasteiger partial charge in [0.05, 0.1) is 13.2 Å². The van der Waals surface area contributed by atoms with Gasteiger partial charge in [-0.2, -0.15) is 0 Å². The number of carbonyl (C=O) groups excluding carboxylic acids is 1. The molecule has 1 aliphatic heterocycles. The second kappa shape index (κ2) is 8.10. The number of carbonyl (C=O) groups is 1. The van der Waals surface area contributed by atoms with E-state index in [1.807, 2.05) is 17.0 Å². The smallest absolute Gasteiger partial charge is 0.222 e. The lowest BCUT2D eigenvalue weighted by Gasteiger charge is -2.25. The minimum atomic E-state index is 0.223. The van der Waals surface area contributed by atoms with Crippen LogP contribution in [0.25, 0.3) is 0 Å². The average molecular weight is 291 g/mol. The number of aryl methyl sites for hydroxylation is 1. The molecule has 0 aromatic carbocycles. The molecule has 0 saturated carbocycles. The van der Waals surface area contributed by atoms with Crippen molar-refractivity contribution in [1.82, 2.24) is 14.8 Å². The molecular formula is C16H25N3O2. The van der Waals surface area contributed by atoms with Gasteiger partial charge >= 0.3 is 0 Å². The SMILES string of the molecule is CN(C)CC1COCCN(C(=O)CCc2ccncc2)C1. The quantitative estimate of drug-likeness (QED) is 0.813. The van der Waals surface area contributed by atoms with Gasteiger partial charge in [-0.15, -0.1) is 0 Å². The fourth-order valence-electron chi connectivity index (χ4n) is 2.69. The molecule has 1 aromatic heterocycles. The van der Waals surface area contributed by atoms with E-state index in [1.165, 1.54) is 0 Å². The molecule has 21 heavy (non-hydrogen) atoms. The fraction of sp³-hybridized carbons (Fsp3) is 0.625. The van der Waals surface area contributed by atoms with Gasteiger partial charge in [0.1, 0.15) is 0 Å². The lowest BCUT2D eigenvalue weighted by atomic mass is 10.1. The molecule has 2 heterocycles. The van der Waals surface area contributed by atoms with Crippen molar-refractivity contribution in [3.05, 3.63) is 30.1 Å². The van der Waals surface area contributed by atoms with Crippen molar-refractivity contribution in [1.29, 1.82) is 0 Å². The first-order valence-corrected chi connectivity index (χ1v) is 7.54. The summed E-state index contributed by atoms with van der Waals surface area (Å²) in [5.41, 5.74) is 1.16. The van der Waals surface area contributed by atoms with Gasteiger partial charge in [-0.05, 0) is 38.2 Å². The minimum absolute atomic E-state index is 0.223. The van der Waals surface area contributed by atoms with Crippen LogP contribution in [-0.4, -0.2) is 67.6 Å². The van der Waals surface area contributed by atoms with E-state index in [4.69, 9.17) is 4.74 Å². The zero-order chi connectivity index (χ0) is 15.1. The average Bonchev–Trinajstić information content (AvgIpc) is 2.71. The maximum Gasteiger partial charge on any atom is 0.222 e. The Morgan fingerprint density at radius 1 is 1.43 bits per heavy atom. The Kier molecular flexibility index (Phi) is 6.14. The van der Waals surface area contributed by atoms with Crippen molar-refractivity contribution in [2.75, 3.05) is 46.9 Å². The largest absolute Gasteiger partial charge is 0.379 e. The summed E-state index contributed by atoms with van der Waals surface area (Å²) >= 11 is 0. The predicted octanol–water partition coefficient (Wildman–Crippen LogP) is 1.05. The topological polar surface area (TPSA) is 45.7 Å². The van der Waals surface area contributed by atoms with Crippen molar-refractivity contribution < 1.29 is 9.53 Å². The van der Waals surface area contributed by atoms with E-state index < -0.39 is 0 Å². The Balaban J connectivity index is 1.85. The zero-order valence-corrected chi connectivity index (χ0v) is 13.0. The van der Waals surface area contributed by atoms with Crippen LogP contribution >= 0.6 is 0 Å². The minimum Gasteiger partial charge on any atom is -0.379 e. The lowest BCUT2D eigenvalue weighted by molar-refractivity contribution is -0.131. The van der Waals surface area contributed by atoms with Crippen molar-refractivity contribution in [2.24, 2.45) is 5.92 Å². The van der Waals surface area contributed by atoms with Crippen molar-refractivity contribution in [3.8, 4) is 0 Å². The molecule has 2 rings (SSSR count). The summed E-state index contributed by atoms with van der Waals surface area (Å²) in [6.45, 7) is 3.85. The lowest BCUT2D eigenvalue weighted by Crippen LogP contribution is -2.38. The van der Waals surface area contributed by atoms with Crippen molar-refractivity contribution >= 4 is 5.91 Å². The first-order chi connectivity index (χ1) is 10.1. The molecular weight excluding hydrogens is 266 g/mol. The molecule has 1 amide bonds. The second-order valence-electron chi connectivity index (χ2n) is 5.90. The van der Waals surface area contributed by atoms with Crippen LogP contribution in [-0.2, 0) is 16.0 Å². The predicted molar refractivity (Wildman–Crippen MR) is 82.0 cm³/mol. The summed E-state index contributed by atoms with van der Waals surface area (Å²) in [6, 6.07) is 3.93. The monoisotopic (exact) mass is 291 g/mol. The summed E-state index contributed by atoms with van der Waals surface area (Å²) in [5, 5.41) is 0. The first kappa shape index (κ1) is 15.9. The van der Waals surface area contributed by atoms with Gasteiger partial charge in [-0.25, -0.2) is 0 Å². The number of rotatable bonds is 5. The van der Waals surface area contributed by atoms with Gasteiger partial charge in [-0.1, -0.05) is 0 Å². The Hall–Kier alpha value is -1.46. The number of nitrogens with zero attached hydrogens (tertiary/aromatic N) is 3. The van der Waals surface area contributed by atoms with Crippen LogP contribution in [0.15, 0.2) is 24.5 Å². The van der Waals surface area contributed by atoms with Crippen molar-refractivity contribution in [3.63, 3.8) is 0 Å². The third-order valence-corrected chi connectivity index (χ3v) is 3.69. The van der Waals surface area contributed by atoms with E-state index in [-0.39, 0.29) is 5.91 Å².